The van der Waals surface area contributed by atoms with Crippen LogP contribution in [0, 0.1) is 0 Å². The highest BCUT2D eigenvalue weighted by atomic mass is 31.2. The number of nitrogens with two attached hydrogens (primary N) is 1. The van der Waals surface area contributed by atoms with Gasteiger partial charge < -0.3 is 35.9 Å². The highest BCUT2D eigenvalue weighted by Crippen LogP contribution is 2.59. The van der Waals surface area contributed by atoms with Gasteiger partial charge in [0.1, 0.15) is 17.8 Å². The van der Waals surface area contributed by atoms with Crippen molar-refractivity contribution in [2.45, 2.75) is 95.3 Å². The van der Waals surface area contributed by atoms with Gasteiger partial charge in [-0.3, -0.25) is 28.6 Å². The van der Waals surface area contributed by atoms with E-state index in [1.807, 2.05) is 42.5 Å². The molecule has 0 bridgehead atoms. The molecule has 292 valence electrons. The van der Waals surface area contributed by atoms with Gasteiger partial charge in [-0.15, -0.1) is 0 Å². The summed E-state index contributed by atoms with van der Waals surface area (Å²) in [4.78, 5) is 76.3. The van der Waals surface area contributed by atoms with E-state index in [2.05, 4.69) is 29.5 Å². The van der Waals surface area contributed by atoms with Crippen molar-refractivity contribution in [3.63, 3.8) is 0 Å². The van der Waals surface area contributed by atoms with Crippen LogP contribution < -0.4 is 21.3 Å². The highest BCUT2D eigenvalue weighted by Gasteiger charge is 2.50. The second kappa shape index (κ2) is 15.7. The molecule has 6 rings (SSSR count). The number of rotatable bonds is 14. The summed E-state index contributed by atoms with van der Waals surface area (Å²) in [6.45, 7) is 6.28. The molecule has 3 heterocycles. The number of carbonyl (C=O) groups excluding carboxylic acids is 4. The first-order valence-corrected chi connectivity index (χ1v) is 19.7. The number of aromatic amines is 1. The number of nitrogens with zero attached hydrogens (tertiary/aromatic N) is 1. The van der Waals surface area contributed by atoms with Gasteiger partial charge in [-0.25, -0.2) is 0 Å². The van der Waals surface area contributed by atoms with Crippen molar-refractivity contribution < 1.29 is 47.0 Å². The number of aromatic nitrogens is 1. The van der Waals surface area contributed by atoms with Gasteiger partial charge in [0.25, 0.3) is 5.91 Å². The Morgan fingerprint density at radius 2 is 1.76 bits per heavy atom. The fraction of sp³-hybridized carbons (Fsp3) is 0.385. The molecule has 16 heteroatoms. The van der Waals surface area contributed by atoms with Gasteiger partial charge in [-0.05, 0) is 72.6 Å². The molecule has 0 fully saturated rings. The molecule has 2 aliphatic rings. The van der Waals surface area contributed by atoms with Crippen LogP contribution in [0.25, 0.3) is 10.9 Å². The normalized spacial score (nSPS) is 18.2. The minimum Gasteiger partial charge on any atom is -0.372 e. The minimum absolute atomic E-state index is 0.00527. The quantitative estimate of drug-likeness (QED) is 0.0972. The lowest BCUT2D eigenvalue weighted by Gasteiger charge is -2.31. The Morgan fingerprint density at radius 1 is 1.05 bits per heavy atom. The third-order valence-corrected chi connectivity index (χ3v) is 11.3. The van der Waals surface area contributed by atoms with E-state index >= 15 is 0 Å². The van der Waals surface area contributed by atoms with Crippen LogP contribution in [-0.2, 0) is 48.8 Å². The molecule has 4 aromatic rings. The molecular weight excluding hydrogens is 735 g/mol. The van der Waals surface area contributed by atoms with Crippen LogP contribution in [-0.4, -0.2) is 62.6 Å². The number of benzene rings is 3. The summed E-state index contributed by atoms with van der Waals surface area (Å²) in [6.07, 6.45) is 0.487. The van der Waals surface area contributed by atoms with Gasteiger partial charge in [0.2, 0.25) is 17.7 Å². The number of amides is 4. The molecular formula is C39H44F2N5O8P. The molecule has 4 amide bonds. The van der Waals surface area contributed by atoms with Crippen molar-refractivity contribution in [1.29, 1.82) is 0 Å². The van der Waals surface area contributed by atoms with E-state index in [0.717, 1.165) is 28.8 Å². The highest BCUT2D eigenvalue weighted by molar-refractivity contribution is 7.52. The molecule has 13 nitrogen and oxygen atoms in total. The van der Waals surface area contributed by atoms with E-state index in [9.17, 15) is 32.5 Å². The maximum Gasteiger partial charge on any atom is 0.399 e. The first-order chi connectivity index (χ1) is 25.9. The number of ether oxygens (including phenoxy) is 1. The lowest BCUT2D eigenvalue weighted by molar-refractivity contribution is -0.128. The molecule has 55 heavy (non-hydrogen) atoms. The summed E-state index contributed by atoms with van der Waals surface area (Å²) >= 11 is 0. The lowest BCUT2D eigenvalue weighted by Crippen LogP contribution is -2.56. The van der Waals surface area contributed by atoms with Crippen molar-refractivity contribution in [2.75, 3.05) is 4.90 Å². The second-order valence-corrected chi connectivity index (χ2v) is 16.2. The largest absolute Gasteiger partial charge is 0.399 e. The van der Waals surface area contributed by atoms with Crippen molar-refractivity contribution in [3.05, 3.63) is 100 Å². The monoisotopic (exact) mass is 779 g/mol. The molecule has 0 spiro atoms. The Hall–Kier alpha value is -4.95. The number of halogens is 2. The fourth-order valence-electron chi connectivity index (χ4n) is 7.16. The maximum absolute atomic E-state index is 14.4. The van der Waals surface area contributed by atoms with Crippen molar-refractivity contribution >= 4 is 47.8 Å². The summed E-state index contributed by atoms with van der Waals surface area (Å²) in [5.41, 5.74) is 4.66. The summed E-state index contributed by atoms with van der Waals surface area (Å²) in [5.74, 6) is -1.86. The van der Waals surface area contributed by atoms with Crippen LogP contribution in [0.4, 0.5) is 14.5 Å². The molecule has 0 radical (unpaired) electrons. The van der Waals surface area contributed by atoms with Gasteiger partial charge >= 0.3 is 13.3 Å². The smallest absolute Gasteiger partial charge is 0.372 e. The number of fused-ring (bicyclic) bond motifs is 1. The van der Waals surface area contributed by atoms with Crippen LogP contribution in [0.15, 0.2) is 66.7 Å². The second-order valence-electron chi connectivity index (χ2n) is 14.5. The molecule has 0 saturated carbocycles. The number of para-hydroxylation sites is 1. The van der Waals surface area contributed by atoms with Crippen LogP contribution in [0.2, 0.25) is 0 Å². The summed E-state index contributed by atoms with van der Waals surface area (Å²) < 4.78 is 46.3. The molecule has 2 aliphatic heterocycles. The number of carbonyl (C=O) groups is 4. The van der Waals surface area contributed by atoms with E-state index in [-0.39, 0.29) is 48.9 Å². The first kappa shape index (κ1) is 39.7. The number of primary amides is 1. The predicted molar refractivity (Wildman–Crippen MR) is 200 cm³/mol. The number of alkyl halides is 2. The van der Waals surface area contributed by atoms with Gasteiger partial charge in [0.15, 0.2) is 0 Å². The van der Waals surface area contributed by atoms with Crippen LogP contribution in [0.1, 0.15) is 84.3 Å². The Labute approximate surface area is 316 Å². The SMILES string of the molecule is CC(C)c1ccc(CO[C@H](C)[C@H](CCC(N)=O)NC(=O)[C@@H]2Cc3cccc4c3N2C(=O)[C@@H](NC(=O)c2cc3cc(C(F)(F)P(=O)(O)O)ccc3[nH]2)CC4)cc1. The third kappa shape index (κ3) is 8.35. The molecule has 1 aromatic heterocycles. The fourth-order valence-corrected chi connectivity index (χ4v) is 7.64. The number of hydrogen-bond donors (Lipinski definition) is 6. The number of aryl methyl sites for hydroxylation is 1. The molecule has 0 saturated heterocycles. The molecule has 3 aromatic carbocycles. The van der Waals surface area contributed by atoms with E-state index in [4.69, 9.17) is 20.3 Å². The van der Waals surface area contributed by atoms with Crippen LogP contribution in [0.5, 0.6) is 0 Å². The zero-order valence-corrected chi connectivity index (χ0v) is 31.4. The van der Waals surface area contributed by atoms with Crippen molar-refractivity contribution in [3.8, 4) is 0 Å². The summed E-state index contributed by atoms with van der Waals surface area (Å²) in [6, 6.07) is 15.1. The molecule has 0 aliphatic carbocycles. The number of hydrogen-bond acceptors (Lipinski definition) is 6. The summed E-state index contributed by atoms with van der Waals surface area (Å²) in [5, 5.41) is 5.85. The molecule has 7 N–H and O–H groups in total. The van der Waals surface area contributed by atoms with E-state index < -0.39 is 66.7 Å². The standard InChI is InChI=1S/C39H44F2N5O8P/c1-21(2)24-9-7-23(8-10-24)20-54-22(3)29(15-16-34(42)47)44-37(49)33-19-26-6-4-5-25-11-13-31(38(50)46(33)35(25)26)45-36(48)32-18-27-17-28(12-14-30(27)43-32)39(40,41)55(51,52)53/h4-10,12,14,17-18,21-22,29,31,33,43H,11,13,15-16,19-20H2,1-3H3,(H2,42,47)(H,44,49)(H,45,48)(H2,51,52,53)/t22-,29+,31+,33+/m1/s1. The van der Waals surface area contributed by atoms with Crippen LogP contribution in [0.3, 0.4) is 0 Å². The Kier molecular flexibility index (Phi) is 11.3. The number of nitrogens with one attached hydrogen (secondary N) is 3. The average molecular weight is 780 g/mol. The van der Waals surface area contributed by atoms with Gasteiger partial charge in [-0.2, -0.15) is 8.78 Å². The van der Waals surface area contributed by atoms with E-state index in [0.29, 0.717) is 18.0 Å². The van der Waals surface area contributed by atoms with Crippen molar-refractivity contribution in [2.24, 2.45) is 5.73 Å². The van der Waals surface area contributed by atoms with E-state index in [1.165, 1.54) is 22.6 Å². The first-order valence-electron chi connectivity index (χ1n) is 18.0. The van der Waals surface area contributed by atoms with Gasteiger partial charge in [0, 0.05) is 29.3 Å². The number of anilines is 1. The van der Waals surface area contributed by atoms with E-state index in [1.54, 1.807) is 6.92 Å². The predicted octanol–water partition coefficient (Wildman–Crippen LogP) is 4.88. The summed E-state index contributed by atoms with van der Waals surface area (Å²) in [7, 11) is -5.82. The lowest BCUT2D eigenvalue weighted by atomic mass is 10.0. The Bertz CT molecular complexity index is 2170. The molecule has 4 atom stereocenters. The van der Waals surface area contributed by atoms with Crippen molar-refractivity contribution in [1.82, 2.24) is 15.6 Å². The number of H-pyrrole nitrogens is 1. The maximum atomic E-state index is 14.4. The van der Waals surface area contributed by atoms with Gasteiger partial charge in [-0.1, -0.05) is 62.4 Å². The Balaban J connectivity index is 1.19. The topological polar surface area (TPSA) is 204 Å². The zero-order valence-electron chi connectivity index (χ0n) is 30.6. The third-order valence-electron chi connectivity index (χ3n) is 10.3. The van der Waals surface area contributed by atoms with Gasteiger partial charge in [0.05, 0.1) is 24.4 Å². The van der Waals surface area contributed by atoms with Crippen LogP contribution >= 0.6 is 7.60 Å². The minimum atomic E-state index is -5.82. The zero-order chi connectivity index (χ0) is 39.8. The Morgan fingerprint density at radius 3 is 2.44 bits per heavy atom. The average Bonchev–Trinajstić information content (AvgIpc) is 3.72. The molecule has 0 unspecified atom stereocenters.